The number of rotatable bonds is 6. The summed E-state index contributed by atoms with van der Waals surface area (Å²) in [5.41, 5.74) is 1.57. The van der Waals surface area contributed by atoms with Crippen LogP contribution in [0.5, 0.6) is 0 Å². The highest BCUT2D eigenvalue weighted by Crippen LogP contribution is 2.10. The van der Waals surface area contributed by atoms with E-state index in [9.17, 15) is 4.79 Å². The Labute approximate surface area is 112 Å². The SMILES string of the molecule is CC(CCO)CNCc1cc2ccccc2[nH]c1=O. The van der Waals surface area contributed by atoms with Crippen LogP contribution in [0.2, 0.25) is 0 Å². The number of nitrogens with one attached hydrogen (secondary N) is 2. The van der Waals surface area contributed by atoms with E-state index >= 15 is 0 Å². The van der Waals surface area contributed by atoms with Crippen LogP contribution in [-0.2, 0) is 6.54 Å². The summed E-state index contributed by atoms with van der Waals surface area (Å²) >= 11 is 0. The highest BCUT2D eigenvalue weighted by atomic mass is 16.3. The summed E-state index contributed by atoms with van der Waals surface area (Å²) in [6.45, 7) is 3.63. The minimum absolute atomic E-state index is 0.0407. The third-order valence-electron chi connectivity index (χ3n) is 3.26. The molecule has 102 valence electrons. The molecule has 0 spiro atoms. The zero-order chi connectivity index (χ0) is 13.7. The van der Waals surface area contributed by atoms with Gasteiger partial charge in [0.1, 0.15) is 0 Å². The van der Waals surface area contributed by atoms with Gasteiger partial charge in [0.2, 0.25) is 0 Å². The maximum absolute atomic E-state index is 11.9. The fourth-order valence-corrected chi connectivity index (χ4v) is 2.10. The molecule has 1 aromatic carbocycles. The van der Waals surface area contributed by atoms with Crippen LogP contribution < -0.4 is 10.9 Å². The van der Waals surface area contributed by atoms with Gasteiger partial charge in [-0.1, -0.05) is 25.1 Å². The number of aliphatic hydroxyl groups excluding tert-OH is 1. The van der Waals surface area contributed by atoms with E-state index in [0.29, 0.717) is 12.5 Å². The second-order valence-electron chi connectivity index (χ2n) is 4.96. The van der Waals surface area contributed by atoms with Gasteiger partial charge in [0.25, 0.3) is 5.56 Å². The molecule has 4 nitrogen and oxygen atoms in total. The number of pyridine rings is 1. The van der Waals surface area contributed by atoms with Gasteiger partial charge in [-0.3, -0.25) is 4.79 Å². The summed E-state index contributed by atoms with van der Waals surface area (Å²) in [6.07, 6.45) is 0.779. The summed E-state index contributed by atoms with van der Waals surface area (Å²) in [7, 11) is 0. The Morgan fingerprint density at radius 2 is 2.16 bits per heavy atom. The molecule has 2 aromatic rings. The standard InChI is InChI=1S/C15H20N2O2/c1-11(6-7-18)9-16-10-13-8-12-4-2-3-5-14(12)17-15(13)19/h2-5,8,11,16,18H,6-7,9-10H2,1H3,(H,17,19). The molecule has 2 rings (SSSR count). The van der Waals surface area contributed by atoms with Crippen molar-refractivity contribution >= 4 is 10.9 Å². The van der Waals surface area contributed by atoms with E-state index in [2.05, 4.69) is 17.2 Å². The second-order valence-corrected chi connectivity index (χ2v) is 4.96. The first-order chi connectivity index (χ1) is 9.20. The second kappa shape index (κ2) is 6.50. The monoisotopic (exact) mass is 260 g/mol. The summed E-state index contributed by atoms with van der Waals surface area (Å²) in [5.74, 6) is 0.407. The summed E-state index contributed by atoms with van der Waals surface area (Å²) in [5, 5.41) is 13.1. The minimum Gasteiger partial charge on any atom is -0.396 e. The first kappa shape index (κ1) is 13.8. The molecule has 0 saturated carbocycles. The highest BCUT2D eigenvalue weighted by Gasteiger charge is 2.04. The van der Waals surface area contributed by atoms with Crippen LogP contribution in [0.15, 0.2) is 35.1 Å². The van der Waals surface area contributed by atoms with Crippen LogP contribution in [0.4, 0.5) is 0 Å². The van der Waals surface area contributed by atoms with Crippen LogP contribution in [0, 0.1) is 5.92 Å². The van der Waals surface area contributed by atoms with Crippen molar-refractivity contribution in [1.29, 1.82) is 0 Å². The smallest absolute Gasteiger partial charge is 0.252 e. The van der Waals surface area contributed by atoms with Gasteiger partial charge >= 0.3 is 0 Å². The summed E-state index contributed by atoms with van der Waals surface area (Å²) < 4.78 is 0. The topological polar surface area (TPSA) is 65.1 Å². The molecule has 0 saturated heterocycles. The molecule has 1 atom stereocenters. The number of benzene rings is 1. The fraction of sp³-hybridized carbons (Fsp3) is 0.400. The van der Waals surface area contributed by atoms with Gasteiger partial charge in [0.15, 0.2) is 0 Å². The zero-order valence-corrected chi connectivity index (χ0v) is 11.1. The molecular formula is C15H20N2O2. The average Bonchev–Trinajstić information content (AvgIpc) is 2.39. The van der Waals surface area contributed by atoms with Crippen molar-refractivity contribution in [2.45, 2.75) is 19.9 Å². The van der Waals surface area contributed by atoms with Gasteiger partial charge in [-0.25, -0.2) is 0 Å². The van der Waals surface area contributed by atoms with Gasteiger partial charge in [-0.05, 0) is 36.4 Å². The molecule has 0 radical (unpaired) electrons. The van der Waals surface area contributed by atoms with Crippen molar-refractivity contribution in [3.8, 4) is 0 Å². The van der Waals surface area contributed by atoms with Crippen LogP contribution in [0.1, 0.15) is 18.9 Å². The Hall–Kier alpha value is -1.65. The van der Waals surface area contributed by atoms with Crippen molar-refractivity contribution in [3.05, 3.63) is 46.2 Å². The lowest BCUT2D eigenvalue weighted by Gasteiger charge is -2.11. The highest BCUT2D eigenvalue weighted by molar-refractivity contribution is 5.78. The molecule has 0 aliphatic rings. The van der Waals surface area contributed by atoms with E-state index in [1.165, 1.54) is 0 Å². The zero-order valence-electron chi connectivity index (χ0n) is 11.1. The quantitative estimate of drug-likeness (QED) is 0.739. The first-order valence-electron chi connectivity index (χ1n) is 6.63. The van der Waals surface area contributed by atoms with E-state index in [1.807, 2.05) is 30.3 Å². The lowest BCUT2D eigenvalue weighted by Crippen LogP contribution is -2.25. The summed E-state index contributed by atoms with van der Waals surface area (Å²) in [6, 6.07) is 9.69. The normalized spacial score (nSPS) is 12.7. The molecule has 1 unspecified atom stereocenters. The Morgan fingerprint density at radius 3 is 2.95 bits per heavy atom. The number of H-pyrrole nitrogens is 1. The lowest BCUT2D eigenvalue weighted by atomic mass is 10.1. The van der Waals surface area contributed by atoms with Gasteiger partial charge in [0, 0.05) is 24.2 Å². The van der Waals surface area contributed by atoms with Gasteiger partial charge < -0.3 is 15.4 Å². The lowest BCUT2D eigenvalue weighted by molar-refractivity contribution is 0.260. The van der Waals surface area contributed by atoms with Gasteiger partial charge in [-0.15, -0.1) is 0 Å². The molecule has 3 N–H and O–H groups in total. The maximum Gasteiger partial charge on any atom is 0.252 e. The van der Waals surface area contributed by atoms with Crippen molar-refractivity contribution in [2.75, 3.05) is 13.2 Å². The molecule has 0 aliphatic heterocycles. The van der Waals surface area contributed by atoms with Crippen LogP contribution >= 0.6 is 0 Å². The van der Waals surface area contributed by atoms with E-state index in [4.69, 9.17) is 5.11 Å². The molecule has 0 aliphatic carbocycles. The van der Waals surface area contributed by atoms with Crippen molar-refractivity contribution < 1.29 is 5.11 Å². The Morgan fingerprint density at radius 1 is 1.37 bits per heavy atom. The van der Waals surface area contributed by atoms with Gasteiger partial charge in [-0.2, -0.15) is 0 Å². The molecule has 1 aromatic heterocycles. The molecule has 0 bridgehead atoms. The summed E-state index contributed by atoms with van der Waals surface area (Å²) in [4.78, 5) is 14.8. The number of para-hydroxylation sites is 1. The molecule has 1 heterocycles. The number of aromatic amines is 1. The van der Waals surface area contributed by atoms with E-state index in [1.54, 1.807) is 0 Å². The fourth-order valence-electron chi connectivity index (χ4n) is 2.10. The van der Waals surface area contributed by atoms with Crippen molar-refractivity contribution in [2.24, 2.45) is 5.92 Å². The van der Waals surface area contributed by atoms with E-state index in [-0.39, 0.29) is 12.2 Å². The number of aliphatic hydroxyl groups is 1. The third-order valence-corrected chi connectivity index (χ3v) is 3.26. The average molecular weight is 260 g/mol. The minimum atomic E-state index is -0.0407. The Kier molecular flexibility index (Phi) is 4.71. The van der Waals surface area contributed by atoms with Crippen LogP contribution in [0.25, 0.3) is 10.9 Å². The predicted molar refractivity (Wildman–Crippen MR) is 77.1 cm³/mol. The Bertz CT molecular complexity index is 592. The number of hydrogen-bond donors (Lipinski definition) is 3. The van der Waals surface area contributed by atoms with Crippen LogP contribution in [0.3, 0.4) is 0 Å². The number of fused-ring (bicyclic) bond motifs is 1. The molecular weight excluding hydrogens is 240 g/mol. The number of aromatic nitrogens is 1. The van der Waals surface area contributed by atoms with Crippen molar-refractivity contribution in [1.82, 2.24) is 10.3 Å². The van der Waals surface area contributed by atoms with E-state index in [0.717, 1.165) is 29.4 Å². The van der Waals surface area contributed by atoms with Gasteiger partial charge in [0.05, 0.1) is 0 Å². The first-order valence-corrected chi connectivity index (χ1v) is 6.63. The van der Waals surface area contributed by atoms with E-state index < -0.39 is 0 Å². The predicted octanol–water partition coefficient (Wildman–Crippen LogP) is 1.64. The molecule has 0 amide bonds. The maximum atomic E-state index is 11.9. The molecule has 19 heavy (non-hydrogen) atoms. The molecule has 0 fully saturated rings. The number of hydrogen-bond acceptors (Lipinski definition) is 3. The third kappa shape index (κ3) is 3.66. The van der Waals surface area contributed by atoms with Crippen molar-refractivity contribution in [3.63, 3.8) is 0 Å². The molecule has 4 heteroatoms. The van der Waals surface area contributed by atoms with Crippen LogP contribution in [-0.4, -0.2) is 23.2 Å². The Balaban J connectivity index is 2.04. The largest absolute Gasteiger partial charge is 0.396 e.